The third-order valence-corrected chi connectivity index (χ3v) is 3.83. The normalized spacial score (nSPS) is 26.2. The number of hydrogen-bond acceptors (Lipinski definition) is 4. The fourth-order valence-corrected chi connectivity index (χ4v) is 2.44. The van der Waals surface area contributed by atoms with Gasteiger partial charge in [0, 0.05) is 12.1 Å². The zero-order valence-electron chi connectivity index (χ0n) is 11.5. The first-order valence-electron chi connectivity index (χ1n) is 6.72. The zero-order valence-corrected chi connectivity index (χ0v) is 11.5. The first kappa shape index (κ1) is 13.8. The van der Waals surface area contributed by atoms with E-state index in [0.29, 0.717) is 18.2 Å². The number of nitrogens with zero attached hydrogens (tertiary/aromatic N) is 1. The average Bonchev–Trinajstić information content (AvgIpc) is 2.74. The second-order valence-electron chi connectivity index (χ2n) is 5.19. The van der Waals surface area contributed by atoms with Gasteiger partial charge in [0.25, 0.3) is 0 Å². The molecule has 0 aliphatic heterocycles. The highest BCUT2D eigenvalue weighted by atomic mass is 16.5. The first-order valence-corrected chi connectivity index (χ1v) is 6.72. The molecule has 0 bridgehead atoms. The molecule has 5 heteroatoms. The van der Waals surface area contributed by atoms with E-state index in [1.54, 1.807) is 18.3 Å². The Morgan fingerprint density at radius 2 is 2.42 bits per heavy atom. The molecule has 0 radical (unpaired) electrons. The molecule has 1 heterocycles. The number of pyridine rings is 1. The van der Waals surface area contributed by atoms with Crippen LogP contribution >= 0.6 is 0 Å². The highest BCUT2D eigenvalue weighted by Gasteiger charge is 2.42. The van der Waals surface area contributed by atoms with Gasteiger partial charge in [-0.3, -0.25) is 4.79 Å². The van der Waals surface area contributed by atoms with Crippen molar-refractivity contribution in [3.8, 4) is 5.88 Å². The highest BCUT2D eigenvalue weighted by molar-refractivity contribution is 5.95. The van der Waals surface area contributed by atoms with Gasteiger partial charge in [-0.25, -0.2) is 4.98 Å². The maximum absolute atomic E-state index is 12.3. The Kier molecular flexibility index (Phi) is 4.04. The molecule has 104 valence electrons. The van der Waals surface area contributed by atoms with Crippen LogP contribution in [0.4, 0.5) is 5.69 Å². The van der Waals surface area contributed by atoms with Crippen molar-refractivity contribution in [1.29, 1.82) is 0 Å². The predicted molar refractivity (Wildman–Crippen MR) is 74.0 cm³/mol. The fourth-order valence-electron chi connectivity index (χ4n) is 2.44. The molecule has 0 spiro atoms. The number of carbonyl (C=O) groups is 1. The molecule has 2 rings (SSSR count). The third kappa shape index (κ3) is 2.87. The van der Waals surface area contributed by atoms with Gasteiger partial charge < -0.3 is 15.8 Å². The van der Waals surface area contributed by atoms with E-state index in [4.69, 9.17) is 10.5 Å². The average molecular weight is 263 g/mol. The summed E-state index contributed by atoms with van der Waals surface area (Å²) >= 11 is 0. The van der Waals surface area contributed by atoms with E-state index in [1.807, 2.05) is 13.8 Å². The molecule has 0 saturated heterocycles. The zero-order chi connectivity index (χ0) is 13.9. The summed E-state index contributed by atoms with van der Waals surface area (Å²) in [6.45, 7) is 4.41. The van der Waals surface area contributed by atoms with Gasteiger partial charge >= 0.3 is 0 Å². The fraction of sp³-hybridized carbons (Fsp3) is 0.571. The monoisotopic (exact) mass is 263 g/mol. The minimum absolute atomic E-state index is 0.0246. The molecule has 2 atom stereocenters. The second kappa shape index (κ2) is 5.57. The number of hydrogen-bond donors (Lipinski definition) is 2. The van der Waals surface area contributed by atoms with Gasteiger partial charge in [-0.1, -0.05) is 6.42 Å². The van der Waals surface area contributed by atoms with E-state index in [9.17, 15) is 4.79 Å². The molecule has 1 aliphatic rings. The molecule has 1 fully saturated rings. The lowest BCUT2D eigenvalue weighted by molar-refractivity contribution is -0.125. The van der Waals surface area contributed by atoms with Crippen molar-refractivity contribution in [2.45, 2.75) is 39.2 Å². The molecule has 1 aromatic heterocycles. The van der Waals surface area contributed by atoms with Crippen molar-refractivity contribution < 1.29 is 9.53 Å². The minimum Gasteiger partial charge on any atom is -0.478 e. The van der Waals surface area contributed by atoms with Crippen molar-refractivity contribution in [2.75, 3.05) is 11.9 Å². The number of aromatic nitrogens is 1. The summed E-state index contributed by atoms with van der Waals surface area (Å²) in [5, 5.41) is 2.89. The smallest absolute Gasteiger partial charge is 0.231 e. The summed E-state index contributed by atoms with van der Waals surface area (Å²) in [5.74, 6) is 0.535. The minimum atomic E-state index is -0.474. The van der Waals surface area contributed by atoms with Crippen LogP contribution in [0.2, 0.25) is 0 Å². The molecular formula is C14H21N3O2. The summed E-state index contributed by atoms with van der Waals surface area (Å²) in [7, 11) is 0. The molecule has 1 aromatic rings. The Bertz CT molecular complexity index is 447. The standard InChI is InChI=1S/C14H21N3O2/c1-3-19-12-7-6-10(9-16-12)17-13(18)14(2)8-4-5-11(14)15/h6-7,9,11H,3-5,8,15H2,1-2H3,(H,17,18). The van der Waals surface area contributed by atoms with E-state index in [0.717, 1.165) is 19.3 Å². The van der Waals surface area contributed by atoms with Crippen LogP contribution in [0, 0.1) is 5.41 Å². The van der Waals surface area contributed by atoms with Crippen molar-refractivity contribution >= 4 is 11.6 Å². The lowest BCUT2D eigenvalue weighted by Crippen LogP contribution is -2.44. The Labute approximate surface area is 113 Å². The van der Waals surface area contributed by atoms with Gasteiger partial charge in [-0.05, 0) is 32.8 Å². The van der Waals surface area contributed by atoms with Crippen LogP contribution in [0.25, 0.3) is 0 Å². The Morgan fingerprint density at radius 3 is 2.95 bits per heavy atom. The van der Waals surface area contributed by atoms with Crippen LogP contribution in [-0.2, 0) is 4.79 Å². The summed E-state index contributed by atoms with van der Waals surface area (Å²) < 4.78 is 5.26. The first-order chi connectivity index (χ1) is 9.06. The topological polar surface area (TPSA) is 77.2 Å². The molecule has 1 amide bonds. The number of rotatable bonds is 4. The molecule has 5 nitrogen and oxygen atoms in total. The number of anilines is 1. The van der Waals surface area contributed by atoms with Gasteiger partial charge in [0.1, 0.15) is 0 Å². The van der Waals surface area contributed by atoms with Crippen molar-refractivity contribution in [3.05, 3.63) is 18.3 Å². The molecule has 1 aliphatic carbocycles. The Balaban J connectivity index is 2.02. The van der Waals surface area contributed by atoms with Gasteiger partial charge in [0.15, 0.2) is 0 Å². The van der Waals surface area contributed by atoms with E-state index in [1.165, 1.54) is 0 Å². The van der Waals surface area contributed by atoms with Crippen molar-refractivity contribution in [3.63, 3.8) is 0 Å². The maximum atomic E-state index is 12.3. The van der Waals surface area contributed by atoms with Crippen LogP contribution in [-0.4, -0.2) is 23.5 Å². The highest BCUT2D eigenvalue weighted by Crippen LogP contribution is 2.37. The number of nitrogens with two attached hydrogens (primary N) is 1. The Morgan fingerprint density at radius 1 is 1.63 bits per heavy atom. The van der Waals surface area contributed by atoms with E-state index in [-0.39, 0.29) is 11.9 Å². The largest absolute Gasteiger partial charge is 0.478 e. The van der Waals surface area contributed by atoms with Gasteiger partial charge in [-0.15, -0.1) is 0 Å². The summed E-state index contributed by atoms with van der Waals surface area (Å²) in [4.78, 5) is 16.4. The van der Waals surface area contributed by atoms with Crippen LogP contribution in [0.5, 0.6) is 5.88 Å². The number of carbonyl (C=O) groups excluding carboxylic acids is 1. The third-order valence-electron chi connectivity index (χ3n) is 3.83. The van der Waals surface area contributed by atoms with Crippen molar-refractivity contribution in [1.82, 2.24) is 4.98 Å². The quantitative estimate of drug-likeness (QED) is 0.870. The predicted octanol–water partition coefficient (Wildman–Crippen LogP) is 1.94. The van der Waals surface area contributed by atoms with Gasteiger partial charge in [0.2, 0.25) is 11.8 Å². The van der Waals surface area contributed by atoms with Crippen LogP contribution in [0.3, 0.4) is 0 Å². The summed E-state index contributed by atoms with van der Waals surface area (Å²) in [5.41, 5.74) is 6.24. The van der Waals surface area contributed by atoms with E-state index in [2.05, 4.69) is 10.3 Å². The molecule has 3 N–H and O–H groups in total. The van der Waals surface area contributed by atoms with Crippen LogP contribution in [0.15, 0.2) is 18.3 Å². The second-order valence-corrected chi connectivity index (χ2v) is 5.19. The van der Waals surface area contributed by atoms with Gasteiger partial charge in [-0.2, -0.15) is 0 Å². The molecule has 2 unspecified atom stereocenters. The number of nitrogens with one attached hydrogen (secondary N) is 1. The summed E-state index contributed by atoms with van der Waals surface area (Å²) in [6.07, 6.45) is 4.36. The lowest BCUT2D eigenvalue weighted by atomic mass is 9.84. The van der Waals surface area contributed by atoms with E-state index < -0.39 is 5.41 Å². The van der Waals surface area contributed by atoms with Crippen molar-refractivity contribution in [2.24, 2.45) is 11.1 Å². The van der Waals surface area contributed by atoms with Crippen LogP contribution < -0.4 is 15.8 Å². The Hall–Kier alpha value is -1.62. The van der Waals surface area contributed by atoms with Crippen LogP contribution in [0.1, 0.15) is 33.1 Å². The molecule has 0 aromatic carbocycles. The lowest BCUT2D eigenvalue weighted by Gasteiger charge is -2.27. The molecule has 19 heavy (non-hydrogen) atoms. The molecular weight excluding hydrogens is 242 g/mol. The van der Waals surface area contributed by atoms with Gasteiger partial charge in [0.05, 0.1) is 23.9 Å². The number of ether oxygens (including phenoxy) is 1. The maximum Gasteiger partial charge on any atom is 0.231 e. The SMILES string of the molecule is CCOc1ccc(NC(=O)C2(C)CCCC2N)cn1. The van der Waals surface area contributed by atoms with E-state index >= 15 is 0 Å². The number of amides is 1. The molecule has 1 saturated carbocycles. The summed E-state index contributed by atoms with van der Waals surface area (Å²) in [6, 6.07) is 3.47.